The van der Waals surface area contributed by atoms with Gasteiger partial charge in [0.05, 0.1) is 0 Å². The second-order valence-electron chi connectivity index (χ2n) is 6.00. The molecule has 0 saturated heterocycles. The van der Waals surface area contributed by atoms with Crippen molar-refractivity contribution in [1.29, 1.82) is 5.26 Å². The van der Waals surface area contributed by atoms with Crippen LogP contribution in [0.2, 0.25) is 0 Å². The second-order valence-corrected chi connectivity index (χ2v) is 6.00. The lowest BCUT2D eigenvalue weighted by Crippen LogP contribution is -2.14. The first-order chi connectivity index (χ1) is 11.1. The van der Waals surface area contributed by atoms with E-state index in [1.807, 2.05) is 43.3 Å². The van der Waals surface area contributed by atoms with E-state index in [0.29, 0.717) is 23.3 Å². The normalized spacial score (nSPS) is 20.0. The van der Waals surface area contributed by atoms with E-state index in [4.69, 9.17) is 4.42 Å². The fourth-order valence-electron chi connectivity index (χ4n) is 2.56. The standard InChI is InChI=1S/C19H18N2O2/c1-12-5-3-4-6-17(12)21-19(22)14(11-20)10-15-7-8-18(23-15)16-9-13(16)2/h3-8,10,13,16H,9H2,1-2H3,(H,21,22)/b14-10+/t13-,16+/m1/s1. The van der Waals surface area contributed by atoms with Gasteiger partial charge in [-0.05, 0) is 43.0 Å². The number of amides is 1. The number of carbonyl (C=O) groups excluding carboxylic acids is 1. The van der Waals surface area contributed by atoms with Crippen LogP contribution in [-0.2, 0) is 4.79 Å². The first-order valence-corrected chi connectivity index (χ1v) is 7.67. The minimum absolute atomic E-state index is 0.0259. The summed E-state index contributed by atoms with van der Waals surface area (Å²) < 4.78 is 5.73. The third kappa shape index (κ3) is 3.35. The summed E-state index contributed by atoms with van der Waals surface area (Å²) in [6, 6.07) is 13.1. The van der Waals surface area contributed by atoms with Gasteiger partial charge in [0, 0.05) is 17.7 Å². The maximum absolute atomic E-state index is 12.3. The number of benzene rings is 1. The molecule has 4 heteroatoms. The quantitative estimate of drug-likeness (QED) is 0.678. The zero-order valence-corrected chi connectivity index (χ0v) is 13.2. The number of para-hydroxylation sites is 1. The topological polar surface area (TPSA) is 66.0 Å². The fourth-order valence-corrected chi connectivity index (χ4v) is 2.56. The van der Waals surface area contributed by atoms with Gasteiger partial charge < -0.3 is 9.73 Å². The van der Waals surface area contributed by atoms with Crippen molar-refractivity contribution in [2.75, 3.05) is 5.32 Å². The number of nitriles is 1. The molecule has 1 heterocycles. The van der Waals surface area contributed by atoms with E-state index in [9.17, 15) is 10.1 Å². The van der Waals surface area contributed by atoms with Crippen molar-refractivity contribution in [2.45, 2.75) is 26.2 Å². The first-order valence-electron chi connectivity index (χ1n) is 7.67. The molecule has 2 aromatic rings. The number of nitrogens with one attached hydrogen (secondary N) is 1. The van der Waals surface area contributed by atoms with Crippen LogP contribution in [0.25, 0.3) is 6.08 Å². The molecule has 23 heavy (non-hydrogen) atoms. The number of hydrogen-bond donors (Lipinski definition) is 1. The average molecular weight is 306 g/mol. The predicted octanol–water partition coefficient (Wildman–Crippen LogP) is 4.26. The maximum Gasteiger partial charge on any atom is 0.266 e. The van der Waals surface area contributed by atoms with Crippen molar-refractivity contribution in [3.8, 4) is 6.07 Å². The van der Waals surface area contributed by atoms with Crippen LogP contribution in [0, 0.1) is 24.2 Å². The van der Waals surface area contributed by atoms with E-state index in [-0.39, 0.29) is 5.57 Å². The zero-order valence-electron chi connectivity index (χ0n) is 13.2. The molecule has 1 aliphatic rings. The molecular formula is C19H18N2O2. The van der Waals surface area contributed by atoms with Crippen LogP contribution in [0.15, 0.2) is 46.4 Å². The minimum Gasteiger partial charge on any atom is -0.461 e. The van der Waals surface area contributed by atoms with E-state index >= 15 is 0 Å². The molecule has 0 unspecified atom stereocenters. The summed E-state index contributed by atoms with van der Waals surface area (Å²) in [6.45, 7) is 4.08. The molecule has 2 atom stereocenters. The van der Waals surface area contributed by atoms with Gasteiger partial charge in [-0.1, -0.05) is 25.1 Å². The molecule has 1 aromatic heterocycles. The Hall–Kier alpha value is -2.80. The molecule has 4 nitrogen and oxygen atoms in total. The van der Waals surface area contributed by atoms with Crippen LogP contribution < -0.4 is 5.32 Å². The van der Waals surface area contributed by atoms with Crippen molar-refractivity contribution >= 4 is 17.7 Å². The highest BCUT2D eigenvalue weighted by molar-refractivity contribution is 6.09. The largest absolute Gasteiger partial charge is 0.461 e. The van der Waals surface area contributed by atoms with E-state index in [1.54, 1.807) is 6.07 Å². The van der Waals surface area contributed by atoms with Crippen LogP contribution in [0.4, 0.5) is 5.69 Å². The van der Waals surface area contributed by atoms with Gasteiger partial charge in [-0.15, -0.1) is 0 Å². The molecule has 1 N–H and O–H groups in total. The number of aryl methyl sites for hydroxylation is 1. The van der Waals surface area contributed by atoms with E-state index < -0.39 is 5.91 Å². The van der Waals surface area contributed by atoms with Gasteiger partial charge in [0.25, 0.3) is 5.91 Å². The fraction of sp³-hybridized carbons (Fsp3) is 0.263. The van der Waals surface area contributed by atoms with Crippen molar-refractivity contribution in [3.63, 3.8) is 0 Å². The average Bonchev–Trinajstić information content (AvgIpc) is 3.09. The minimum atomic E-state index is -0.431. The number of anilines is 1. The van der Waals surface area contributed by atoms with E-state index in [1.165, 1.54) is 6.08 Å². The maximum atomic E-state index is 12.3. The third-order valence-corrected chi connectivity index (χ3v) is 4.17. The molecule has 1 aliphatic carbocycles. The smallest absolute Gasteiger partial charge is 0.266 e. The SMILES string of the molecule is Cc1ccccc1NC(=O)/C(C#N)=C/c1ccc([C@H]2C[C@H]2C)o1. The van der Waals surface area contributed by atoms with Gasteiger partial charge >= 0.3 is 0 Å². The van der Waals surface area contributed by atoms with Crippen molar-refractivity contribution in [2.24, 2.45) is 5.92 Å². The Morgan fingerprint density at radius 1 is 1.35 bits per heavy atom. The molecule has 1 amide bonds. The Labute approximate surface area is 135 Å². The summed E-state index contributed by atoms with van der Waals surface area (Å²) >= 11 is 0. The lowest BCUT2D eigenvalue weighted by molar-refractivity contribution is -0.112. The summed E-state index contributed by atoms with van der Waals surface area (Å²) in [6.07, 6.45) is 2.62. The van der Waals surface area contributed by atoms with Crippen LogP contribution in [0.5, 0.6) is 0 Å². The van der Waals surface area contributed by atoms with Gasteiger partial charge in [-0.3, -0.25) is 4.79 Å². The first kappa shape index (κ1) is 15.1. The molecule has 0 bridgehead atoms. The Kier molecular flexibility index (Phi) is 4.03. The zero-order chi connectivity index (χ0) is 16.4. The number of carbonyl (C=O) groups is 1. The van der Waals surface area contributed by atoms with Crippen LogP contribution in [-0.4, -0.2) is 5.91 Å². The second kappa shape index (κ2) is 6.13. The number of rotatable bonds is 4. The van der Waals surface area contributed by atoms with E-state index in [2.05, 4.69) is 12.2 Å². The Morgan fingerprint density at radius 3 is 2.74 bits per heavy atom. The van der Waals surface area contributed by atoms with Gasteiger partial charge in [-0.25, -0.2) is 0 Å². The molecule has 1 aromatic carbocycles. The third-order valence-electron chi connectivity index (χ3n) is 4.17. The lowest BCUT2D eigenvalue weighted by Gasteiger charge is -2.06. The monoisotopic (exact) mass is 306 g/mol. The summed E-state index contributed by atoms with van der Waals surface area (Å²) in [5.41, 5.74) is 1.67. The van der Waals surface area contributed by atoms with Gasteiger partial charge in [-0.2, -0.15) is 5.26 Å². The van der Waals surface area contributed by atoms with Crippen molar-refractivity contribution in [1.82, 2.24) is 0 Å². The summed E-state index contributed by atoms with van der Waals surface area (Å²) in [4.78, 5) is 12.3. The molecule has 1 saturated carbocycles. The molecule has 0 aliphatic heterocycles. The van der Waals surface area contributed by atoms with E-state index in [0.717, 1.165) is 17.7 Å². The van der Waals surface area contributed by atoms with Crippen LogP contribution >= 0.6 is 0 Å². The molecule has 116 valence electrons. The van der Waals surface area contributed by atoms with Crippen LogP contribution in [0.1, 0.15) is 36.3 Å². The number of furan rings is 1. The highest BCUT2D eigenvalue weighted by atomic mass is 16.3. The summed E-state index contributed by atoms with van der Waals surface area (Å²) in [5, 5.41) is 12.0. The van der Waals surface area contributed by atoms with Crippen molar-refractivity contribution < 1.29 is 9.21 Å². The van der Waals surface area contributed by atoms with Gasteiger partial charge in [0.2, 0.25) is 0 Å². The summed E-state index contributed by atoms with van der Waals surface area (Å²) in [5.74, 6) is 2.16. The molecule has 1 fully saturated rings. The molecule has 0 spiro atoms. The highest BCUT2D eigenvalue weighted by Gasteiger charge is 2.36. The number of nitrogens with zero attached hydrogens (tertiary/aromatic N) is 1. The van der Waals surface area contributed by atoms with Gasteiger partial charge in [0.15, 0.2) is 0 Å². The van der Waals surface area contributed by atoms with Crippen molar-refractivity contribution in [3.05, 3.63) is 59.1 Å². The van der Waals surface area contributed by atoms with Gasteiger partial charge in [0.1, 0.15) is 23.2 Å². The summed E-state index contributed by atoms with van der Waals surface area (Å²) in [7, 11) is 0. The predicted molar refractivity (Wildman–Crippen MR) is 88.6 cm³/mol. The Bertz CT molecular complexity index is 811. The molecule has 0 radical (unpaired) electrons. The molecule has 3 rings (SSSR count). The number of hydrogen-bond acceptors (Lipinski definition) is 3. The molecular weight excluding hydrogens is 288 g/mol. The Balaban J connectivity index is 1.76. The Morgan fingerprint density at radius 2 is 2.09 bits per heavy atom. The lowest BCUT2D eigenvalue weighted by atomic mass is 10.1. The highest BCUT2D eigenvalue weighted by Crippen LogP contribution is 2.47. The van der Waals surface area contributed by atoms with Crippen LogP contribution in [0.3, 0.4) is 0 Å².